The van der Waals surface area contributed by atoms with Gasteiger partial charge in [-0.15, -0.1) is 0 Å². The molecule has 2 N–H and O–H groups in total. The highest BCUT2D eigenvalue weighted by atomic mass is 16.2. The van der Waals surface area contributed by atoms with Crippen LogP contribution < -0.4 is 5.73 Å². The van der Waals surface area contributed by atoms with Gasteiger partial charge in [-0.2, -0.15) is 0 Å². The molecule has 0 spiro atoms. The van der Waals surface area contributed by atoms with E-state index in [2.05, 4.69) is 18.7 Å². The van der Waals surface area contributed by atoms with Crippen LogP contribution >= 0.6 is 0 Å². The molecule has 0 aromatic carbocycles. The van der Waals surface area contributed by atoms with Crippen LogP contribution in [-0.2, 0) is 4.79 Å². The summed E-state index contributed by atoms with van der Waals surface area (Å²) in [6.07, 6.45) is 6.02. The molecule has 0 aliphatic heterocycles. The summed E-state index contributed by atoms with van der Waals surface area (Å²) in [6.45, 7) is 5.74. The monoisotopic (exact) mass is 238 g/mol. The predicted octanol–water partition coefficient (Wildman–Crippen LogP) is 2.01. The van der Waals surface area contributed by atoms with Crippen molar-refractivity contribution < 1.29 is 4.79 Å². The van der Waals surface area contributed by atoms with E-state index in [1.807, 2.05) is 0 Å². The van der Waals surface area contributed by atoms with E-state index < -0.39 is 0 Å². The van der Waals surface area contributed by atoms with Gasteiger partial charge >= 0.3 is 0 Å². The molecule has 2 saturated carbocycles. The summed E-state index contributed by atoms with van der Waals surface area (Å²) in [7, 11) is 0. The van der Waals surface area contributed by atoms with Crippen LogP contribution in [0.1, 0.15) is 46.0 Å². The normalized spacial score (nSPS) is 20.1. The van der Waals surface area contributed by atoms with Crippen molar-refractivity contribution in [1.29, 1.82) is 0 Å². The predicted molar refractivity (Wildman–Crippen MR) is 69.5 cm³/mol. The molecule has 2 aliphatic carbocycles. The van der Waals surface area contributed by atoms with E-state index in [1.165, 1.54) is 25.7 Å². The smallest absolute Gasteiger partial charge is 0.226 e. The first-order valence-corrected chi connectivity index (χ1v) is 7.15. The Morgan fingerprint density at radius 1 is 1.24 bits per heavy atom. The first-order chi connectivity index (χ1) is 8.15. The zero-order chi connectivity index (χ0) is 12.4. The van der Waals surface area contributed by atoms with Crippen molar-refractivity contribution >= 4 is 5.91 Å². The molecular formula is C14H26N2O. The van der Waals surface area contributed by atoms with Crippen molar-refractivity contribution in [3.8, 4) is 0 Å². The Bertz CT molecular complexity index is 257. The van der Waals surface area contributed by atoms with E-state index in [1.54, 1.807) is 0 Å². The number of carbonyl (C=O) groups is 1. The lowest BCUT2D eigenvalue weighted by Gasteiger charge is -2.31. The van der Waals surface area contributed by atoms with Crippen LogP contribution in [0, 0.1) is 17.8 Å². The van der Waals surface area contributed by atoms with Gasteiger partial charge in [-0.05, 0) is 64.3 Å². The number of carbonyl (C=O) groups excluding carboxylic acids is 1. The maximum Gasteiger partial charge on any atom is 0.226 e. The fourth-order valence-corrected chi connectivity index (χ4v) is 2.77. The number of nitrogens with two attached hydrogens (primary N) is 1. The molecule has 1 amide bonds. The van der Waals surface area contributed by atoms with Gasteiger partial charge in [0.15, 0.2) is 0 Å². The molecule has 2 rings (SSSR count). The van der Waals surface area contributed by atoms with E-state index >= 15 is 0 Å². The average Bonchev–Trinajstić information content (AvgIpc) is 3.12. The quantitative estimate of drug-likeness (QED) is 0.737. The van der Waals surface area contributed by atoms with Gasteiger partial charge in [-0.1, -0.05) is 0 Å². The van der Waals surface area contributed by atoms with Gasteiger partial charge in [-0.3, -0.25) is 4.79 Å². The molecule has 2 aliphatic rings. The summed E-state index contributed by atoms with van der Waals surface area (Å²) >= 11 is 0. The lowest BCUT2D eigenvalue weighted by Crippen LogP contribution is -2.43. The summed E-state index contributed by atoms with van der Waals surface area (Å²) in [5, 5.41) is 0. The topological polar surface area (TPSA) is 46.3 Å². The minimum atomic E-state index is 0.314. The van der Waals surface area contributed by atoms with Crippen molar-refractivity contribution in [3.63, 3.8) is 0 Å². The van der Waals surface area contributed by atoms with Crippen molar-refractivity contribution in [2.45, 2.75) is 52.0 Å². The van der Waals surface area contributed by atoms with Crippen LogP contribution in [0.5, 0.6) is 0 Å². The van der Waals surface area contributed by atoms with Gasteiger partial charge in [0, 0.05) is 18.5 Å². The number of rotatable bonds is 7. The maximum absolute atomic E-state index is 12.6. The summed E-state index contributed by atoms with van der Waals surface area (Å²) < 4.78 is 0. The molecule has 98 valence electrons. The van der Waals surface area contributed by atoms with Crippen LogP contribution in [0.15, 0.2) is 0 Å². The lowest BCUT2D eigenvalue weighted by atomic mass is 9.95. The molecule has 17 heavy (non-hydrogen) atoms. The lowest BCUT2D eigenvalue weighted by molar-refractivity contribution is -0.138. The third kappa shape index (κ3) is 3.21. The fourth-order valence-electron chi connectivity index (χ4n) is 2.77. The molecule has 0 radical (unpaired) electrons. The SMILES string of the molecule is CC(C)N(CCCN)C(=O)C(C1CC1)C1CC1. The number of hydrogen-bond donors (Lipinski definition) is 1. The van der Waals surface area contributed by atoms with Crippen molar-refractivity contribution in [3.05, 3.63) is 0 Å². The van der Waals surface area contributed by atoms with Crippen LogP contribution in [0.4, 0.5) is 0 Å². The first-order valence-electron chi connectivity index (χ1n) is 7.15. The third-order valence-corrected chi connectivity index (χ3v) is 4.05. The van der Waals surface area contributed by atoms with Crippen molar-refractivity contribution in [2.24, 2.45) is 23.5 Å². The molecule has 0 unspecified atom stereocenters. The standard InChI is InChI=1S/C14H26N2O/c1-10(2)16(9-3-8-15)14(17)13(11-4-5-11)12-6-7-12/h10-13H,3-9,15H2,1-2H3. The Morgan fingerprint density at radius 2 is 1.76 bits per heavy atom. The zero-order valence-electron chi connectivity index (χ0n) is 11.2. The Kier molecular flexibility index (Phi) is 4.08. The molecule has 3 nitrogen and oxygen atoms in total. The molecule has 2 fully saturated rings. The summed E-state index contributed by atoms with van der Waals surface area (Å²) in [6, 6.07) is 0.314. The molecule has 0 bridgehead atoms. The molecule has 0 aromatic rings. The number of hydrogen-bond acceptors (Lipinski definition) is 2. The highest BCUT2D eigenvalue weighted by molar-refractivity contribution is 5.80. The van der Waals surface area contributed by atoms with E-state index in [0.29, 0.717) is 36.2 Å². The molecule has 0 heterocycles. The number of nitrogens with zero attached hydrogens (tertiary/aromatic N) is 1. The van der Waals surface area contributed by atoms with Gasteiger partial charge in [0.2, 0.25) is 5.91 Å². The van der Waals surface area contributed by atoms with Crippen molar-refractivity contribution in [2.75, 3.05) is 13.1 Å². The largest absolute Gasteiger partial charge is 0.340 e. The Hall–Kier alpha value is -0.570. The zero-order valence-corrected chi connectivity index (χ0v) is 11.2. The first kappa shape index (κ1) is 12.9. The van der Waals surface area contributed by atoms with Crippen LogP contribution in [0.2, 0.25) is 0 Å². The second-order valence-corrected chi connectivity index (χ2v) is 5.97. The Balaban J connectivity index is 1.97. The van der Waals surface area contributed by atoms with E-state index in [0.717, 1.165) is 13.0 Å². The maximum atomic E-state index is 12.6. The van der Waals surface area contributed by atoms with Gasteiger partial charge < -0.3 is 10.6 Å². The molecule has 0 atom stereocenters. The summed E-state index contributed by atoms with van der Waals surface area (Å²) in [5.74, 6) is 2.16. The van der Waals surface area contributed by atoms with E-state index in [9.17, 15) is 4.79 Å². The highest BCUT2D eigenvalue weighted by Gasteiger charge is 2.47. The number of amides is 1. The van der Waals surface area contributed by atoms with Gasteiger partial charge in [0.25, 0.3) is 0 Å². The second kappa shape index (κ2) is 5.38. The van der Waals surface area contributed by atoms with E-state index in [-0.39, 0.29) is 0 Å². The van der Waals surface area contributed by atoms with Crippen LogP contribution in [0.25, 0.3) is 0 Å². The third-order valence-electron chi connectivity index (χ3n) is 4.05. The molecular weight excluding hydrogens is 212 g/mol. The molecule has 0 saturated heterocycles. The Labute approximate surface area is 105 Å². The van der Waals surface area contributed by atoms with Crippen LogP contribution in [-0.4, -0.2) is 29.9 Å². The Morgan fingerprint density at radius 3 is 2.12 bits per heavy atom. The molecule has 3 heteroatoms. The summed E-state index contributed by atoms with van der Waals surface area (Å²) in [5.41, 5.74) is 5.56. The second-order valence-electron chi connectivity index (χ2n) is 5.97. The molecule has 0 aromatic heterocycles. The average molecular weight is 238 g/mol. The highest BCUT2D eigenvalue weighted by Crippen LogP contribution is 2.50. The van der Waals surface area contributed by atoms with E-state index in [4.69, 9.17) is 5.73 Å². The minimum absolute atomic E-state index is 0.314. The van der Waals surface area contributed by atoms with Gasteiger partial charge in [-0.25, -0.2) is 0 Å². The van der Waals surface area contributed by atoms with Gasteiger partial charge in [0.05, 0.1) is 0 Å². The minimum Gasteiger partial charge on any atom is -0.340 e. The fraction of sp³-hybridized carbons (Fsp3) is 0.929. The summed E-state index contributed by atoms with van der Waals surface area (Å²) in [4.78, 5) is 14.7. The van der Waals surface area contributed by atoms with Crippen molar-refractivity contribution in [1.82, 2.24) is 4.90 Å². The van der Waals surface area contributed by atoms with Gasteiger partial charge in [0.1, 0.15) is 0 Å². The van der Waals surface area contributed by atoms with Crippen LogP contribution in [0.3, 0.4) is 0 Å².